The molecule has 0 aliphatic carbocycles. The molecule has 2 unspecified atom stereocenters. The topological polar surface area (TPSA) is 24.5 Å². The highest BCUT2D eigenvalue weighted by atomic mass is 16.5. The third-order valence-corrected chi connectivity index (χ3v) is 4.34. The van der Waals surface area contributed by atoms with Crippen molar-refractivity contribution in [2.75, 3.05) is 27.2 Å². The largest absolute Gasteiger partial charge is 0.496 e. The highest BCUT2D eigenvalue weighted by Crippen LogP contribution is 2.19. The molecule has 2 rings (SSSR count). The molecule has 1 aromatic carbocycles. The standard InChI is InChI=1S/C17H28N2O/c1-14(12-15-8-4-5-10-17(15)20-3)18-13-16-9-6-7-11-19(16)2/h4-5,8,10,14,16,18H,6-7,9,11-13H2,1-3H3. The molecule has 20 heavy (non-hydrogen) atoms. The molecule has 0 bridgehead atoms. The van der Waals surface area contributed by atoms with Crippen LogP contribution < -0.4 is 10.1 Å². The highest BCUT2D eigenvalue weighted by molar-refractivity contribution is 5.33. The Balaban J connectivity index is 1.81. The van der Waals surface area contributed by atoms with Crippen LogP contribution in [0.4, 0.5) is 0 Å². The maximum absolute atomic E-state index is 5.42. The summed E-state index contributed by atoms with van der Waals surface area (Å²) in [5, 5.41) is 3.69. The predicted molar refractivity (Wildman–Crippen MR) is 84.4 cm³/mol. The zero-order valence-electron chi connectivity index (χ0n) is 13.1. The number of hydrogen-bond acceptors (Lipinski definition) is 3. The molecule has 112 valence electrons. The number of likely N-dealkylation sites (tertiary alicyclic amines) is 1. The van der Waals surface area contributed by atoms with Crippen molar-refractivity contribution in [3.05, 3.63) is 29.8 Å². The van der Waals surface area contributed by atoms with Crippen molar-refractivity contribution in [3.8, 4) is 5.75 Å². The average Bonchev–Trinajstić information content (AvgIpc) is 2.47. The molecule has 1 heterocycles. The highest BCUT2D eigenvalue weighted by Gasteiger charge is 2.19. The number of likely N-dealkylation sites (N-methyl/N-ethyl adjacent to an activating group) is 1. The fraction of sp³-hybridized carbons (Fsp3) is 0.647. The molecule has 0 saturated carbocycles. The van der Waals surface area contributed by atoms with Crippen LogP contribution in [0.5, 0.6) is 5.75 Å². The molecule has 0 amide bonds. The van der Waals surface area contributed by atoms with E-state index in [2.05, 4.69) is 36.3 Å². The molecule has 1 N–H and O–H groups in total. The fourth-order valence-corrected chi connectivity index (χ4v) is 3.01. The first kappa shape index (κ1) is 15.3. The van der Waals surface area contributed by atoms with Gasteiger partial charge in [0.25, 0.3) is 0 Å². The van der Waals surface area contributed by atoms with E-state index >= 15 is 0 Å². The monoisotopic (exact) mass is 276 g/mol. The molecule has 1 aliphatic heterocycles. The summed E-state index contributed by atoms with van der Waals surface area (Å²) in [7, 11) is 3.99. The summed E-state index contributed by atoms with van der Waals surface area (Å²) >= 11 is 0. The SMILES string of the molecule is COc1ccccc1CC(C)NCC1CCCCN1C. The number of para-hydroxylation sites is 1. The number of rotatable bonds is 6. The third kappa shape index (κ3) is 4.22. The lowest BCUT2D eigenvalue weighted by Gasteiger charge is -2.33. The van der Waals surface area contributed by atoms with Gasteiger partial charge in [0.15, 0.2) is 0 Å². The van der Waals surface area contributed by atoms with E-state index < -0.39 is 0 Å². The van der Waals surface area contributed by atoms with Crippen LogP contribution in [-0.2, 0) is 6.42 Å². The molecule has 0 radical (unpaired) electrons. The van der Waals surface area contributed by atoms with Crippen molar-refractivity contribution in [1.82, 2.24) is 10.2 Å². The maximum Gasteiger partial charge on any atom is 0.122 e. The van der Waals surface area contributed by atoms with Gasteiger partial charge in [-0.2, -0.15) is 0 Å². The lowest BCUT2D eigenvalue weighted by atomic mass is 10.0. The Morgan fingerprint density at radius 1 is 1.35 bits per heavy atom. The first-order valence-electron chi connectivity index (χ1n) is 7.76. The van der Waals surface area contributed by atoms with Gasteiger partial charge in [-0.3, -0.25) is 0 Å². The van der Waals surface area contributed by atoms with Crippen LogP contribution in [0.1, 0.15) is 31.7 Å². The van der Waals surface area contributed by atoms with E-state index in [-0.39, 0.29) is 0 Å². The Kier molecular flexibility index (Phi) is 5.86. The first-order chi connectivity index (χ1) is 9.70. The van der Waals surface area contributed by atoms with Gasteiger partial charge >= 0.3 is 0 Å². The Hall–Kier alpha value is -1.06. The lowest BCUT2D eigenvalue weighted by Crippen LogP contribution is -2.45. The molecule has 1 aliphatic rings. The quantitative estimate of drug-likeness (QED) is 0.864. The molecule has 2 atom stereocenters. The molecular weight excluding hydrogens is 248 g/mol. The van der Waals surface area contributed by atoms with Gasteiger partial charge in [0.2, 0.25) is 0 Å². The van der Waals surface area contributed by atoms with E-state index in [1.54, 1.807) is 7.11 Å². The minimum Gasteiger partial charge on any atom is -0.496 e. The Bertz CT molecular complexity index is 408. The van der Waals surface area contributed by atoms with E-state index in [4.69, 9.17) is 4.74 Å². The number of methoxy groups -OCH3 is 1. The molecule has 1 saturated heterocycles. The van der Waals surface area contributed by atoms with Gasteiger partial charge in [-0.05, 0) is 51.4 Å². The summed E-state index contributed by atoms with van der Waals surface area (Å²) in [5.74, 6) is 0.996. The summed E-state index contributed by atoms with van der Waals surface area (Å²) < 4.78 is 5.42. The van der Waals surface area contributed by atoms with E-state index in [1.165, 1.54) is 31.4 Å². The van der Waals surface area contributed by atoms with Gasteiger partial charge in [-0.25, -0.2) is 0 Å². The van der Waals surface area contributed by atoms with Gasteiger partial charge in [-0.15, -0.1) is 0 Å². The third-order valence-electron chi connectivity index (χ3n) is 4.34. The van der Waals surface area contributed by atoms with E-state index in [0.29, 0.717) is 12.1 Å². The summed E-state index contributed by atoms with van der Waals surface area (Å²) in [6.45, 7) is 4.59. The second kappa shape index (κ2) is 7.65. The van der Waals surface area contributed by atoms with Crippen LogP contribution in [-0.4, -0.2) is 44.2 Å². The first-order valence-corrected chi connectivity index (χ1v) is 7.76. The van der Waals surface area contributed by atoms with Crippen LogP contribution in [0.2, 0.25) is 0 Å². The number of nitrogens with zero attached hydrogens (tertiary/aromatic N) is 1. The summed E-state index contributed by atoms with van der Waals surface area (Å²) in [4.78, 5) is 2.49. The molecular formula is C17H28N2O. The average molecular weight is 276 g/mol. The van der Waals surface area contributed by atoms with Crippen molar-refractivity contribution in [2.24, 2.45) is 0 Å². The van der Waals surface area contributed by atoms with Crippen molar-refractivity contribution in [1.29, 1.82) is 0 Å². The zero-order chi connectivity index (χ0) is 14.4. The minimum atomic E-state index is 0.474. The van der Waals surface area contributed by atoms with Crippen molar-refractivity contribution in [3.63, 3.8) is 0 Å². The van der Waals surface area contributed by atoms with Crippen LogP contribution in [0.15, 0.2) is 24.3 Å². The van der Waals surface area contributed by atoms with Crippen molar-refractivity contribution >= 4 is 0 Å². The number of piperidine rings is 1. The van der Waals surface area contributed by atoms with Gasteiger partial charge < -0.3 is 15.0 Å². The van der Waals surface area contributed by atoms with Crippen molar-refractivity contribution in [2.45, 2.75) is 44.7 Å². The fourth-order valence-electron chi connectivity index (χ4n) is 3.01. The number of ether oxygens (including phenoxy) is 1. The van der Waals surface area contributed by atoms with Crippen LogP contribution >= 0.6 is 0 Å². The Labute approximate surface area is 123 Å². The number of nitrogens with one attached hydrogen (secondary N) is 1. The van der Waals surface area contributed by atoms with E-state index in [0.717, 1.165) is 18.7 Å². The van der Waals surface area contributed by atoms with Gasteiger partial charge in [-0.1, -0.05) is 24.6 Å². The summed E-state index contributed by atoms with van der Waals surface area (Å²) in [6.07, 6.45) is 5.06. The van der Waals surface area contributed by atoms with Crippen LogP contribution in [0, 0.1) is 0 Å². The van der Waals surface area contributed by atoms with Crippen LogP contribution in [0.3, 0.4) is 0 Å². The molecule has 1 fully saturated rings. The molecule has 3 nitrogen and oxygen atoms in total. The van der Waals surface area contributed by atoms with Gasteiger partial charge in [0.05, 0.1) is 7.11 Å². The lowest BCUT2D eigenvalue weighted by molar-refractivity contribution is 0.178. The minimum absolute atomic E-state index is 0.474. The molecule has 1 aromatic rings. The second-order valence-electron chi connectivity index (χ2n) is 5.96. The Morgan fingerprint density at radius 2 is 2.15 bits per heavy atom. The molecule has 0 aromatic heterocycles. The van der Waals surface area contributed by atoms with E-state index in [9.17, 15) is 0 Å². The number of benzene rings is 1. The van der Waals surface area contributed by atoms with Crippen LogP contribution in [0.25, 0.3) is 0 Å². The second-order valence-corrected chi connectivity index (χ2v) is 5.96. The summed E-state index contributed by atoms with van der Waals surface area (Å²) in [5.41, 5.74) is 1.28. The van der Waals surface area contributed by atoms with Gasteiger partial charge in [0, 0.05) is 18.6 Å². The maximum atomic E-state index is 5.42. The molecule has 0 spiro atoms. The molecule has 3 heteroatoms. The Morgan fingerprint density at radius 3 is 2.90 bits per heavy atom. The summed E-state index contributed by atoms with van der Waals surface area (Å²) in [6, 6.07) is 9.47. The smallest absolute Gasteiger partial charge is 0.122 e. The zero-order valence-corrected chi connectivity index (χ0v) is 13.1. The van der Waals surface area contributed by atoms with Gasteiger partial charge in [0.1, 0.15) is 5.75 Å². The van der Waals surface area contributed by atoms with E-state index in [1.807, 2.05) is 12.1 Å². The predicted octanol–water partition coefficient (Wildman–Crippen LogP) is 2.70. The van der Waals surface area contributed by atoms with Crippen molar-refractivity contribution < 1.29 is 4.74 Å². The number of hydrogen-bond donors (Lipinski definition) is 1. The normalized spacial score (nSPS) is 21.6.